The van der Waals surface area contributed by atoms with Crippen LogP contribution in [-0.4, -0.2) is 63.8 Å². The van der Waals surface area contributed by atoms with Crippen molar-refractivity contribution >= 4 is 16.0 Å². The highest BCUT2D eigenvalue weighted by atomic mass is 32.2. The Hall–Kier alpha value is -1.03. The highest BCUT2D eigenvalue weighted by Crippen LogP contribution is 2.39. The number of guanidine groups is 1. The minimum absolute atomic E-state index is 0.0343. The zero-order valence-corrected chi connectivity index (χ0v) is 16.2. The molecule has 1 saturated carbocycles. The maximum absolute atomic E-state index is 12.9. The third-order valence-corrected chi connectivity index (χ3v) is 6.61. The molecule has 0 aromatic carbocycles. The molecule has 2 N–H and O–H groups in total. The summed E-state index contributed by atoms with van der Waals surface area (Å²) in [6.45, 7) is 1.40. The van der Waals surface area contributed by atoms with Gasteiger partial charge in [-0.3, -0.25) is 4.99 Å². The Kier molecular flexibility index (Phi) is 7.18. The van der Waals surface area contributed by atoms with Crippen LogP contribution in [0, 0.1) is 11.8 Å². The van der Waals surface area contributed by atoms with E-state index in [1.807, 2.05) is 0 Å². The van der Waals surface area contributed by atoms with Crippen molar-refractivity contribution in [2.24, 2.45) is 16.8 Å². The van der Waals surface area contributed by atoms with Crippen molar-refractivity contribution in [3.8, 4) is 0 Å². The standard InChI is InChI=1S/C16H29F3N4O2S/c1-20-15(22-11-14-7-4-8-23(14)26(2,24)25)21-10-12-5-3-6-13(9-12)16(17,18)19/h12-14H,3-11H2,1-2H3,(H2,20,21,22)/t12?,13?,14-/m1/s1. The van der Waals surface area contributed by atoms with E-state index < -0.39 is 22.1 Å². The van der Waals surface area contributed by atoms with Crippen molar-refractivity contribution in [2.75, 3.05) is 32.9 Å². The first-order valence-electron chi connectivity index (χ1n) is 9.09. The molecule has 2 rings (SSSR count). The summed E-state index contributed by atoms with van der Waals surface area (Å²) in [5.41, 5.74) is 0. The van der Waals surface area contributed by atoms with Crippen molar-refractivity contribution in [1.29, 1.82) is 0 Å². The summed E-state index contributed by atoms with van der Waals surface area (Å²) in [5.74, 6) is -0.743. The fraction of sp³-hybridized carbons (Fsp3) is 0.938. The van der Waals surface area contributed by atoms with Crippen LogP contribution in [-0.2, 0) is 10.0 Å². The monoisotopic (exact) mass is 398 g/mol. The van der Waals surface area contributed by atoms with Crippen molar-refractivity contribution in [1.82, 2.24) is 14.9 Å². The van der Waals surface area contributed by atoms with Gasteiger partial charge >= 0.3 is 6.18 Å². The lowest BCUT2D eigenvalue weighted by molar-refractivity contribution is -0.185. The second-order valence-corrected chi connectivity index (χ2v) is 9.21. The Morgan fingerprint density at radius 3 is 2.46 bits per heavy atom. The minimum atomic E-state index is -4.11. The minimum Gasteiger partial charge on any atom is -0.356 e. The second-order valence-electron chi connectivity index (χ2n) is 7.27. The molecule has 2 unspecified atom stereocenters. The highest BCUT2D eigenvalue weighted by Gasteiger charge is 2.42. The summed E-state index contributed by atoms with van der Waals surface area (Å²) in [6, 6.07) is -0.118. The maximum atomic E-state index is 12.9. The van der Waals surface area contributed by atoms with Crippen molar-refractivity contribution in [3.05, 3.63) is 0 Å². The van der Waals surface area contributed by atoms with E-state index in [1.54, 1.807) is 7.05 Å². The average molecular weight is 398 g/mol. The number of hydrogen-bond donors (Lipinski definition) is 2. The highest BCUT2D eigenvalue weighted by molar-refractivity contribution is 7.88. The van der Waals surface area contributed by atoms with Gasteiger partial charge in [-0.1, -0.05) is 6.42 Å². The first-order chi connectivity index (χ1) is 12.1. The molecule has 2 fully saturated rings. The third kappa shape index (κ3) is 6.00. The average Bonchev–Trinajstić information content (AvgIpc) is 3.03. The molecule has 3 atom stereocenters. The lowest BCUT2D eigenvalue weighted by Crippen LogP contribution is -2.47. The Labute approximate surface area is 153 Å². The number of rotatable bonds is 5. The Balaban J connectivity index is 1.79. The molecule has 0 amide bonds. The third-order valence-electron chi connectivity index (χ3n) is 5.28. The lowest BCUT2D eigenvalue weighted by atomic mass is 9.81. The van der Waals surface area contributed by atoms with Gasteiger partial charge in [-0.15, -0.1) is 0 Å². The predicted octanol–water partition coefficient (Wildman–Crippen LogP) is 1.94. The van der Waals surface area contributed by atoms with Crippen LogP contribution in [0.2, 0.25) is 0 Å². The first kappa shape index (κ1) is 21.3. The number of alkyl halides is 3. The quantitative estimate of drug-likeness (QED) is 0.548. The van der Waals surface area contributed by atoms with Crippen LogP contribution >= 0.6 is 0 Å². The first-order valence-corrected chi connectivity index (χ1v) is 10.9. The van der Waals surface area contributed by atoms with E-state index in [2.05, 4.69) is 15.6 Å². The zero-order valence-electron chi connectivity index (χ0n) is 15.3. The van der Waals surface area contributed by atoms with Crippen LogP contribution < -0.4 is 10.6 Å². The van der Waals surface area contributed by atoms with Crippen LogP contribution in [0.15, 0.2) is 4.99 Å². The van der Waals surface area contributed by atoms with Gasteiger partial charge in [-0.25, -0.2) is 8.42 Å². The van der Waals surface area contributed by atoms with Gasteiger partial charge in [-0.05, 0) is 38.0 Å². The topological polar surface area (TPSA) is 73.8 Å². The fourth-order valence-electron chi connectivity index (χ4n) is 3.90. The number of nitrogens with one attached hydrogen (secondary N) is 2. The van der Waals surface area contributed by atoms with E-state index >= 15 is 0 Å². The molecule has 1 saturated heterocycles. The number of halogens is 3. The summed E-state index contributed by atoms with van der Waals surface area (Å²) in [4.78, 5) is 4.09. The molecule has 1 heterocycles. The summed E-state index contributed by atoms with van der Waals surface area (Å²) >= 11 is 0. The van der Waals surface area contributed by atoms with Crippen LogP contribution in [0.3, 0.4) is 0 Å². The number of nitrogens with zero attached hydrogens (tertiary/aromatic N) is 2. The van der Waals surface area contributed by atoms with E-state index in [0.29, 0.717) is 32.0 Å². The molecule has 0 aromatic heterocycles. The molecular weight excluding hydrogens is 369 g/mol. The number of aliphatic imine (C=N–C) groups is 1. The van der Waals surface area contributed by atoms with Gasteiger partial charge in [0, 0.05) is 32.7 Å². The van der Waals surface area contributed by atoms with Crippen molar-refractivity contribution in [3.63, 3.8) is 0 Å². The van der Waals surface area contributed by atoms with Gasteiger partial charge in [0.25, 0.3) is 0 Å². The Morgan fingerprint density at radius 2 is 1.85 bits per heavy atom. The smallest absolute Gasteiger partial charge is 0.356 e. The lowest BCUT2D eigenvalue weighted by Gasteiger charge is -2.31. The molecular formula is C16H29F3N4O2S. The van der Waals surface area contributed by atoms with Crippen LogP contribution in [0.1, 0.15) is 38.5 Å². The van der Waals surface area contributed by atoms with Gasteiger partial charge in [0.05, 0.1) is 12.2 Å². The van der Waals surface area contributed by atoms with Gasteiger partial charge in [0.15, 0.2) is 5.96 Å². The van der Waals surface area contributed by atoms with E-state index in [9.17, 15) is 21.6 Å². The van der Waals surface area contributed by atoms with Crippen LogP contribution in [0.4, 0.5) is 13.2 Å². The predicted molar refractivity (Wildman–Crippen MR) is 95.4 cm³/mol. The molecule has 0 bridgehead atoms. The molecule has 0 spiro atoms. The summed E-state index contributed by atoms with van der Waals surface area (Å²) in [5, 5.41) is 6.20. The summed E-state index contributed by atoms with van der Waals surface area (Å²) in [7, 11) is -1.63. The molecule has 152 valence electrons. The van der Waals surface area contributed by atoms with E-state index in [4.69, 9.17) is 0 Å². The molecule has 0 radical (unpaired) electrons. The Bertz CT molecular complexity index is 595. The molecule has 26 heavy (non-hydrogen) atoms. The zero-order chi connectivity index (χ0) is 19.4. The van der Waals surface area contributed by atoms with Crippen LogP contribution in [0.25, 0.3) is 0 Å². The van der Waals surface area contributed by atoms with E-state index in [-0.39, 0.29) is 24.8 Å². The largest absolute Gasteiger partial charge is 0.391 e. The van der Waals surface area contributed by atoms with Crippen molar-refractivity contribution < 1.29 is 21.6 Å². The van der Waals surface area contributed by atoms with Crippen LogP contribution in [0.5, 0.6) is 0 Å². The van der Waals surface area contributed by atoms with E-state index in [0.717, 1.165) is 19.3 Å². The molecule has 6 nitrogen and oxygen atoms in total. The SMILES string of the molecule is CN=C(NCC1CCCC(C(F)(F)F)C1)NC[C@H]1CCCN1S(C)(=O)=O. The molecule has 2 aliphatic rings. The summed E-state index contributed by atoms with van der Waals surface area (Å²) in [6.07, 6.45) is 0.441. The van der Waals surface area contributed by atoms with E-state index in [1.165, 1.54) is 10.6 Å². The fourth-order valence-corrected chi connectivity index (χ4v) is 5.08. The molecule has 1 aliphatic heterocycles. The molecule has 10 heteroatoms. The second kappa shape index (κ2) is 8.77. The number of sulfonamides is 1. The van der Waals surface area contributed by atoms with Gasteiger partial charge < -0.3 is 10.6 Å². The molecule has 1 aliphatic carbocycles. The Morgan fingerprint density at radius 1 is 1.15 bits per heavy atom. The van der Waals surface area contributed by atoms with Crippen molar-refractivity contribution in [2.45, 2.75) is 50.7 Å². The molecule has 0 aromatic rings. The summed E-state index contributed by atoms with van der Waals surface area (Å²) < 4.78 is 63.7. The van der Waals surface area contributed by atoms with Gasteiger partial charge in [0.2, 0.25) is 10.0 Å². The van der Waals surface area contributed by atoms with Gasteiger partial charge in [-0.2, -0.15) is 17.5 Å². The normalized spacial score (nSPS) is 29.0. The van der Waals surface area contributed by atoms with Gasteiger partial charge in [0.1, 0.15) is 0 Å². The maximum Gasteiger partial charge on any atom is 0.391 e. The number of hydrogen-bond acceptors (Lipinski definition) is 3.